The molecule has 146 valence electrons. The zero-order valence-electron chi connectivity index (χ0n) is 16.2. The van der Waals surface area contributed by atoms with Crippen molar-refractivity contribution in [2.45, 2.75) is 0 Å². The Hall–Kier alpha value is -3.89. The van der Waals surface area contributed by atoms with Crippen molar-refractivity contribution in [3.05, 3.63) is 60.2 Å². The Morgan fingerprint density at radius 3 is 2.62 bits per heavy atom. The molecular formula is C22H21N5O2. The highest BCUT2D eigenvalue weighted by Gasteiger charge is 2.15. The van der Waals surface area contributed by atoms with E-state index in [1.165, 1.54) is 0 Å². The Balaban J connectivity index is 2.06. The number of rotatable bonds is 5. The summed E-state index contributed by atoms with van der Waals surface area (Å²) in [5.74, 6) is 0.00172. The Morgan fingerprint density at radius 2 is 1.93 bits per heavy atom. The van der Waals surface area contributed by atoms with E-state index in [-0.39, 0.29) is 29.6 Å². The number of para-hydroxylation sites is 1. The average molecular weight is 387 g/mol. The lowest BCUT2D eigenvalue weighted by Crippen LogP contribution is -2.27. The molecule has 0 aliphatic heterocycles. The summed E-state index contributed by atoms with van der Waals surface area (Å²) in [6.45, 7) is 0.257. The van der Waals surface area contributed by atoms with Crippen molar-refractivity contribution in [3.63, 3.8) is 0 Å². The molecule has 7 heteroatoms. The average Bonchev–Trinajstić information content (AvgIpc) is 2.67. The molecule has 3 aromatic rings. The molecule has 1 heterocycles. The second-order valence-electron chi connectivity index (χ2n) is 6.81. The fourth-order valence-corrected chi connectivity index (χ4v) is 2.99. The first-order valence-corrected chi connectivity index (χ1v) is 8.93. The third-order valence-electron chi connectivity index (χ3n) is 4.26. The van der Waals surface area contributed by atoms with Gasteiger partial charge in [-0.3, -0.25) is 4.79 Å². The molecule has 1 aromatic heterocycles. The minimum atomic E-state index is -0.142. The molecule has 4 N–H and O–H groups in total. The van der Waals surface area contributed by atoms with Crippen LogP contribution in [-0.2, 0) is 4.79 Å². The topological polar surface area (TPSA) is 115 Å². The fraction of sp³-hybridized carbons (Fsp3) is 0.136. The maximum atomic E-state index is 12.1. The van der Waals surface area contributed by atoms with Crippen LogP contribution < -0.4 is 11.1 Å². The largest absolute Gasteiger partial charge is 0.507 e. The number of hydrogen-bond acceptors (Lipinski definition) is 6. The van der Waals surface area contributed by atoms with Crippen molar-refractivity contribution in [3.8, 4) is 34.2 Å². The molecule has 0 unspecified atom stereocenters. The number of carbonyl (C=O) groups excluding carboxylic acids is 1. The SMILES string of the molecule is CN(C)CC(=O)Nc1cccc(-c2cc(-c3ccccc3O)nc(N)c2C#N)c1. The summed E-state index contributed by atoms with van der Waals surface area (Å²) in [4.78, 5) is 18.1. The summed E-state index contributed by atoms with van der Waals surface area (Å²) in [6, 6.07) is 17.8. The van der Waals surface area contributed by atoms with Crippen LogP contribution in [0.1, 0.15) is 5.56 Å². The van der Waals surface area contributed by atoms with Gasteiger partial charge in [-0.05, 0) is 50.0 Å². The van der Waals surface area contributed by atoms with E-state index in [9.17, 15) is 15.2 Å². The van der Waals surface area contributed by atoms with Crippen molar-refractivity contribution in [1.82, 2.24) is 9.88 Å². The number of aromatic nitrogens is 1. The van der Waals surface area contributed by atoms with Gasteiger partial charge in [0.25, 0.3) is 0 Å². The van der Waals surface area contributed by atoms with E-state index in [2.05, 4.69) is 16.4 Å². The van der Waals surface area contributed by atoms with Crippen LogP contribution >= 0.6 is 0 Å². The number of nitrogens with two attached hydrogens (primary N) is 1. The predicted molar refractivity (Wildman–Crippen MR) is 113 cm³/mol. The third-order valence-corrected chi connectivity index (χ3v) is 4.26. The number of nitrogens with one attached hydrogen (secondary N) is 1. The number of nitrogen functional groups attached to an aromatic ring is 1. The highest BCUT2D eigenvalue weighted by molar-refractivity contribution is 5.93. The first-order valence-electron chi connectivity index (χ1n) is 8.93. The highest BCUT2D eigenvalue weighted by atomic mass is 16.3. The monoisotopic (exact) mass is 387 g/mol. The molecule has 0 saturated heterocycles. The zero-order valence-corrected chi connectivity index (χ0v) is 16.2. The van der Waals surface area contributed by atoms with E-state index >= 15 is 0 Å². The summed E-state index contributed by atoms with van der Waals surface area (Å²) in [5, 5.41) is 22.6. The lowest BCUT2D eigenvalue weighted by molar-refractivity contribution is -0.116. The summed E-state index contributed by atoms with van der Waals surface area (Å²) >= 11 is 0. The molecular weight excluding hydrogens is 366 g/mol. The molecule has 0 atom stereocenters. The van der Waals surface area contributed by atoms with Crippen molar-refractivity contribution < 1.29 is 9.90 Å². The summed E-state index contributed by atoms with van der Waals surface area (Å²) < 4.78 is 0. The third kappa shape index (κ3) is 4.51. The molecule has 7 nitrogen and oxygen atoms in total. The number of nitrogens with zero attached hydrogens (tertiary/aromatic N) is 3. The van der Waals surface area contributed by atoms with E-state index in [0.717, 1.165) is 0 Å². The molecule has 0 spiro atoms. The van der Waals surface area contributed by atoms with Crippen LogP contribution in [0.2, 0.25) is 0 Å². The van der Waals surface area contributed by atoms with Gasteiger partial charge in [0, 0.05) is 16.8 Å². The number of benzene rings is 2. The van der Waals surface area contributed by atoms with E-state index < -0.39 is 0 Å². The lowest BCUT2D eigenvalue weighted by atomic mass is 9.98. The number of nitriles is 1. The quantitative estimate of drug-likeness (QED) is 0.620. The van der Waals surface area contributed by atoms with Crippen LogP contribution in [0.25, 0.3) is 22.4 Å². The Morgan fingerprint density at radius 1 is 1.17 bits per heavy atom. The number of likely N-dealkylation sites (N-methyl/N-ethyl adjacent to an activating group) is 1. The number of amides is 1. The molecule has 2 aromatic carbocycles. The minimum Gasteiger partial charge on any atom is -0.507 e. The Bertz CT molecular complexity index is 1100. The van der Waals surface area contributed by atoms with Crippen LogP contribution in [0.4, 0.5) is 11.5 Å². The standard InChI is InChI=1S/C22H21N5O2/c1-27(2)13-21(29)25-15-7-5-6-14(10-15)17-11-19(26-22(24)18(17)12-23)16-8-3-4-9-20(16)28/h3-11,28H,13H2,1-2H3,(H2,24,26)(H,25,29). The van der Waals surface area contributed by atoms with E-state index in [1.54, 1.807) is 53.4 Å². The van der Waals surface area contributed by atoms with Crippen LogP contribution in [0.5, 0.6) is 5.75 Å². The second-order valence-corrected chi connectivity index (χ2v) is 6.81. The number of pyridine rings is 1. The first kappa shape index (κ1) is 19.9. The van der Waals surface area contributed by atoms with Gasteiger partial charge in [0.1, 0.15) is 23.2 Å². The van der Waals surface area contributed by atoms with Crippen molar-refractivity contribution in [1.29, 1.82) is 5.26 Å². The number of carbonyl (C=O) groups is 1. The molecule has 0 aliphatic rings. The number of hydrogen-bond donors (Lipinski definition) is 3. The van der Waals surface area contributed by atoms with Gasteiger partial charge in [-0.2, -0.15) is 5.26 Å². The van der Waals surface area contributed by atoms with Crippen LogP contribution in [0.3, 0.4) is 0 Å². The van der Waals surface area contributed by atoms with E-state index in [4.69, 9.17) is 5.73 Å². The second kappa shape index (κ2) is 8.42. The first-order chi connectivity index (χ1) is 13.9. The van der Waals surface area contributed by atoms with Gasteiger partial charge in [0.15, 0.2) is 0 Å². The van der Waals surface area contributed by atoms with Crippen molar-refractivity contribution in [2.75, 3.05) is 31.7 Å². The molecule has 1 amide bonds. The van der Waals surface area contributed by atoms with Crippen LogP contribution in [0.15, 0.2) is 54.6 Å². The van der Waals surface area contributed by atoms with Gasteiger partial charge in [-0.25, -0.2) is 4.98 Å². The number of aromatic hydroxyl groups is 1. The van der Waals surface area contributed by atoms with Gasteiger partial charge < -0.3 is 21.1 Å². The minimum absolute atomic E-state index is 0.0692. The Kier molecular flexibility index (Phi) is 5.77. The zero-order chi connectivity index (χ0) is 21.0. The van der Waals surface area contributed by atoms with Gasteiger partial charge >= 0.3 is 0 Å². The normalized spacial score (nSPS) is 10.6. The Labute approximate surface area is 169 Å². The van der Waals surface area contributed by atoms with Gasteiger partial charge in [0.05, 0.1) is 12.2 Å². The highest BCUT2D eigenvalue weighted by Crippen LogP contribution is 2.35. The maximum Gasteiger partial charge on any atom is 0.238 e. The summed E-state index contributed by atoms with van der Waals surface area (Å²) in [6.07, 6.45) is 0. The van der Waals surface area contributed by atoms with Gasteiger partial charge in [-0.1, -0.05) is 24.3 Å². The number of anilines is 2. The lowest BCUT2D eigenvalue weighted by Gasteiger charge is -2.13. The number of phenols is 1. The van der Waals surface area contributed by atoms with E-state index in [1.807, 2.05) is 20.2 Å². The number of phenolic OH excluding ortho intramolecular Hbond substituents is 1. The maximum absolute atomic E-state index is 12.1. The van der Waals surface area contributed by atoms with Crippen LogP contribution in [-0.4, -0.2) is 41.5 Å². The van der Waals surface area contributed by atoms with Crippen molar-refractivity contribution >= 4 is 17.4 Å². The molecule has 29 heavy (non-hydrogen) atoms. The summed E-state index contributed by atoms with van der Waals surface area (Å²) in [5.41, 5.74) is 9.13. The molecule has 0 aliphatic carbocycles. The smallest absolute Gasteiger partial charge is 0.238 e. The molecule has 0 bridgehead atoms. The van der Waals surface area contributed by atoms with Crippen molar-refractivity contribution in [2.24, 2.45) is 0 Å². The molecule has 0 saturated carbocycles. The predicted octanol–water partition coefficient (Wildman–Crippen LogP) is 3.08. The molecule has 0 radical (unpaired) electrons. The molecule has 0 fully saturated rings. The summed E-state index contributed by atoms with van der Waals surface area (Å²) in [7, 11) is 3.63. The fourth-order valence-electron chi connectivity index (χ4n) is 2.99. The van der Waals surface area contributed by atoms with Gasteiger partial charge in [0.2, 0.25) is 5.91 Å². The van der Waals surface area contributed by atoms with Gasteiger partial charge in [-0.15, -0.1) is 0 Å². The molecule has 3 rings (SSSR count). The van der Waals surface area contributed by atoms with Crippen LogP contribution in [0, 0.1) is 11.3 Å². The van der Waals surface area contributed by atoms with E-state index in [0.29, 0.717) is 28.1 Å².